The van der Waals surface area contributed by atoms with Crippen molar-refractivity contribution < 1.29 is 18.1 Å². The predicted molar refractivity (Wildman–Crippen MR) is 111 cm³/mol. The van der Waals surface area contributed by atoms with Crippen molar-refractivity contribution in [2.75, 3.05) is 18.4 Å². The lowest BCUT2D eigenvalue weighted by atomic mass is 9.99. The Bertz CT molecular complexity index is 1170. The van der Waals surface area contributed by atoms with Crippen LogP contribution < -0.4 is 5.32 Å². The summed E-state index contributed by atoms with van der Waals surface area (Å²) in [7, 11) is -3.60. The summed E-state index contributed by atoms with van der Waals surface area (Å²) >= 11 is 2.37. The monoisotopic (exact) mass is 452 g/mol. The van der Waals surface area contributed by atoms with Crippen LogP contribution >= 0.6 is 22.7 Å². The highest BCUT2D eigenvalue weighted by Gasteiger charge is 2.34. The molecule has 2 aromatic heterocycles. The fraction of sp³-hybridized carbons (Fsp3) is 0.294. The number of benzene rings is 1. The molecule has 9 nitrogen and oxygen atoms in total. The topological polar surface area (TPSA) is 123 Å². The van der Waals surface area contributed by atoms with Gasteiger partial charge >= 0.3 is 0 Å². The van der Waals surface area contributed by atoms with Crippen molar-refractivity contribution in [2.24, 2.45) is 5.92 Å². The molecule has 152 valence electrons. The smallest absolute Gasteiger partial charge is 0.271 e. The molecule has 1 aromatic carbocycles. The Kier molecular flexibility index (Phi) is 5.34. The van der Waals surface area contributed by atoms with E-state index in [1.54, 1.807) is 23.6 Å². The number of non-ortho nitro benzene ring substituents is 1. The van der Waals surface area contributed by atoms with Gasteiger partial charge in [0.1, 0.15) is 4.21 Å². The van der Waals surface area contributed by atoms with Crippen LogP contribution in [0.5, 0.6) is 0 Å². The van der Waals surface area contributed by atoms with Crippen molar-refractivity contribution in [3.63, 3.8) is 0 Å². The number of nitro benzene ring substituents is 1. The van der Waals surface area contributed by atoms with Crippen molar-refractivity contribution in [2.45, 2.75) is 17.1 Å². The molecular weight excluding hydrogens is 436 g/mol. The molecular formula is C17H16N4O5S3. The summed E-state index contributed by atoms with van der Waals surface area (Å²) < 4.78 is 27.8. The van der Waals surface area contributed by atoms with E-state index in [4.69, 9.17) is 0 Å². The Morgan fingerprint density at radius 2 is 2.17 bits per heavy atom. The molecule has 0 aliphatic carbocycles. The molecule has 4 rings (SSSR count). The highest BCUT2D eigenvalue weighted by Crippen LogP contribution is 2.30. The lowest BCUT2D eigenvalue weighted by Gasteiger charge is -2.30. The first kappa shape index (κ1) is 19.9. The first-order valence-electron chi connectivity index (χ1n) is 8.74. The number of thiazole rings is 1. The average molecular weight is 453 g/mol. The molecule has 1 saturated heterocycles. The molecule has 12 heteroatoms. The summed E-state index contributed by atoms with van der Waals surface area (Å²) in [5.41, 5.74) is 0.368. The van der Waals surface area contributed by atoms with E-state index >= 15 is 0 Å². The van der Waals surface area contributed by atoms with Gasteiger partial charge in [-0.05, 0) is 30.4 Å². The molecule has 3 heterocycles. The third-order valence-electron chi connectivity index (χ3n) is 4.66. The number of aromatic nitrogens is 1. The number of nitrogens with zero attached hydrogens (tertiary/aromatic N) is 3. The van der Waals surface area contributed by atoms with E-state index in [-0.39, 0.29) is 22.3 Å². The second-order valence-corrected chi connectivity index (χ2v) is 10.7. The lowest BCUT2D eigenvalue weighted by molar-refractivity contribution is -0.384. The Balaban J connectivity index is 1.48. The van der Waals surface area contributed by atoms with Crippen LogP contribution in [0.25, 0.3) is 10.2 Å². The highest BCUT2D eigenvalue weighted by atomic mass is 32.2. The first-order valence-corrected chi connectivity index (χ1v) is 11.9. The van der Waals surface area contributed by atoms with Crippen LogP contribution in [-0.4, -0.2) is 41.6 Å². The molecule has 1 N–H and O–H groups in total. The minimum Gasteiger partial charge on any atom is -0.302 e. The number of piperidine rings is 1. The van der Waals surface area contributed by atoms with Crippen LogP contribution in [-0.2, 0) is 14.8 Å². The zero-order valence-corrected chi connectivity index (χ0v) is 17.4. The molecule has 0 bridgehead atoms. The number of nitro groups is 1. The van der Waals surface area contributed by atoms with Gasteiger partial charge in [0.05, 0.1) is 21.1 Å². The standard InChI is InChI=1S/C17H16N4O5S3/c22-16(19-17-18-13-9-12(21(23)24)5-6-14(13)28-17)11-3-1-7-20(10-11)29(25,26)15-4-2-8-27-15/h2,4-6,8-9,11H,1,3,7,10H2,(H,18,19,22). The quantitative estimate of drug-likeness (QED) is 0.468. The van der Waals surface area contributed by atoms with Gasteiger partial charge in [0.2, 0.25) is 5.91 Å². The van der Waals surface area contributed by atoms with Gasteiger partial charge in [-0.25, -0.2) is 13.4 Å². The van der Waals surface area contributed by atoms with Crippen LogP contribution in [0.4, 0.5) is 10.8 Å². The number of hydrogen-bond acceptors (Lipinski definition) is 8. The highest BCUT2D eigenvalue weighted by molar-refractivity contribution is 7.91. The molecule has 0 saturated carbocycles. The summed E-state index contributed by atoms with van der Waals surface area (Å²) in [6, 6.07) is 7.59. The van der Waals surface area contributed by atoms with Crippen LogP contribution in [0.2, 0.25) is 0 Å². The Morgan fingerprint density at radius 1 is 1.34 bits per heavy atom. The van der Waals surface area contributed by atoms with Gasteiger partial charge < -0.3 is 5.32 Å². The summed E-state index contributed by atoms with van der Waals surface area (Å²) in [5.74, 6) is -0.788. The summed E-state index contributed by atoms with van der Waals surface area (Å²) in [4.78, 5) is 27.4. The van der Waals surface area contributed by atoms with Crippen molar-refractivity contribution in [3.05, 3.63) is 45.8 Å². The molecule has 0 radical (unpaired) electrons. The molecule has 1 atom stereocenters. The van der Waals surface area contributed by atoms with E-state index in [2.05, 4.69) is 10.3 Å². The Hall–Kier alpha value is -2.41. The van der Waals surface area contributed by atoms with Crippen molar-refractivity contribution in [1.82, 2.24) is 9.29 Å². The van der Waals surface area contributed by atoms with Gasteiger partial charge in [-0.3, -0.25) is 14.9 Å². The van der Waals surface area contributed by atoms with E-state index < -0.39 is 20.9 Å². The van der Waals surface area contributed by atoms with Gasteiger partial charge in [-0.1, -0.05) is 17.4 Å². The number of carbonyl (C=O) groups is 1. The number of amides is 1. The Morgan fingerprint density at radius 3 is 2.90 bits per heavy atom. The second-order valence-electron chi connectivity index (χ2n) is 6.55. The minimum absolute atomic E-state index is 0.0672. The van der Waals surface area contributed by atoms with Gasteiger partial charge in [0.15, 0.2) is 5.13 Å². The molecule has 1 aliphatic rings. The van der Waals surface area contributed by atoms with E-state index in [1.807, 2.05) is 0 Å². The summed E-state index contributed by atoms with van der Waals surface area (Å²) in [6.45, 7) is 0.497. The fourth-order valence-corrected chi connectivity index (χ4v) is 6.72. The van der Waals surface area contributed by atoms with Gasteiger partial charge in [-0.15, -0.1) is 11.3 Å². The number of nitrogens with one attached hydrogen (secondary N) is 1. The van der Waals surface area contributed by atoms with E-state index in [0.717, 1.165) is 16.0 Å². The zero-order valence-electron chi connectivity index (χ0n) is 15.0. The molecule has 1 fully saturated rings. The van der Waals surface area contributed by atoms with E-state index in [1.165, 1.54) is 27.8 Å². The number of fused-ring (bicyclic) bond motifs is 1. The lowest BCUT2D eigenvalue weighted by Crippen LogP contribution is -2.43. The molecule has 3 aromatic rings. The summed E-state index contributed by atoms with van der Waals surface area (Å²) in [6.07, 6.45) is 1.17. The first-order chi connectivity index (χ1) is 13.8. The number of carbonyl (C=O) groups excluding carboxylic acids is 1. The zero-order chi connectivity index (χ0) is 20.6. The number of hydrogen-bond donors (Lipinski definition) is 1. The maximum Gasteiger partial charge on any atom is 0.271 e. The molecule has 1 unspecified atom stereocenters. The van der Waals surface area contributed by atoms with E-state index in [0.29, 0.717) is 30.0 Å². The molecule has 29 heavy (non-hydrogen) atoms. The van der Waals surface area contributed by atoms with Crippen LogP contribution in [0.15, 0.2) is 39.9 Å². The summed E-state index contributed by atoms with van der Waals surface area (Å²) in [5, 5.41) is 15.7. The van der Waals surface area contributed by atoms with Crippen molar-refractivity contribution in [1.29, 1.82) is 0 Å². The van der Waals surface area contributed by atoms with Gasteiger partial charge in [0.25, 0.3) is 15.7 Å². The van der Waals surface area contributed by atoms with Crippen molar-refractivity contribution in [3.8, 4) is 0 Å². The molecule has 0 spiro atoms. The maximum atomic E-state index is 12.7. The third-order valence-corrected chi connectivity index (χ3v) is 8.85. The maximum absolute atomic E-state index is 12.7. The third kappa shape index (κ3) is 4.01. The average Bonchev–Trinajstić information content (AvgIpc) is 3.37. The normalized spacial score (nSPS) is 18.0. The molecule has 1 amide bonds. The second kappa shape index (κ2) is 7.78. The predicted octanol–water partition coefficient (Wildman–Crippen LogP) is 3.31. The number of anilines is 1. The SMILES string of the molecule is O=C(Nc1nc2cc([N+](=O)[O-])ccc2s1)C1CCCN(S(=O)(=O)c2cccs2)C1. The van der Waals surface area contributed by atoms with Crippen LogP contribution in [0.1, 0.15) is 12.8 Å². The van der Waals surface area contributed by atoms with Crippen molar-refractivity contribution >= 4 is 59.6 Å². The number of thiophene rings is 1. The van der Waals surface area contributed by atoms with Crippen LogP contribution in [0, 0.1) is 16.0 Å². The van der Waals surface area contributed by atoms with Crippen LogP contribution in [0.3, 0.4) is 0 Å². The number of rotatable bonds is 5. The minimum atomic E-state index is -3.60. The van der Waals surface area contributed by atoms with Gasteiger partial charge in [0, 0.05) is 25.2 Å². The number of sulfonamides is 1. The fourth-order valence-electron chi connectivity index (χ4n) is 3.20. The Labute approximate surface area is 174 Å². The largest absolute Gasteiger partial charge is 0.302 e. The van der Waals surface area contributed by atoms with E-state index in [9.17, 15) is 23.3 Å². The molecule has 1 aliphatic heterocycles. The van der Waals surface area contributed by atoms with Gasteiger partial charge in [-0.2, -0.15) is 4.31 Å².